The lowest BCUT2D eigenvalue weighted by Gasteiger charge is -2.41. The van der Waals surface area contributed by atoms with E-state index < -0.39 is 80.0 Å². The van der Waals surface area contributed by atoms with Crippen molar-refractivity contribution in [3.8, 4) is 0 Å². The second kappa shape index (κ2) is 8.40. The third-order valence-electron chi connectivity index (χ3n) is 5.18. The molecule has 0 radical (unpaired) electrons. The molecule has 0 aromatic heterocycles. The molecule has 244 valence electrons. The zero-order chi connectivity index (χ0) is 33.3. The van der Waals surface area contributed by atoms with Crippen molar-refractivity contribution < 1.29 is 123 Å². The highest BCUT2D eigenvalue weighted by molar-refractivity contribution is 7.57. The summed E-state index contributed by atoms with van der Waals surface area (Å²) in [5.74, 6) is 0. The molecule has 0 bridgehead atoms. The summed E-state index contributed by atoms with van der Waals surface area (Å²) in [5.41, 5.74) is -33.9. The van der Waals surface area contributed by atoms with E-state index >= 15 is 0 Å². The first-order valence-corrected chi connectivity index (χ1v) is 10.0. The van der Waals surface area contributed by atoms with E-state index in [0.717, 1.165) is 0 Å². The molecule has 0 aliphatic carbocycles. The molecule has 4 nitrogen and oxygen atoms in total. The van der Waals surface area contributed by atoms with E-state index in [2.05, 4.69) is 18.1 Å². The molecule has 0 atom stereocenters. The number of alkyl halides is 24. The van der Waals surface area contributed by atoms with E-state index in [1.165, 1.54) is 0 Å². The molecule has 0 aromatic rings. The Balaban J connectivity index is 3.35. The van der Waals surface area contributed by atoms with Crippen molar-refractivity contribution in [2.45, 2.75) is 71.8 Å². The Morgan fingerprint density at radius 2 is 0.341 bits per heavy atom. The summed E-state index contributed by atoms with van der Waals surface area (Å²) in [7, 11) is -9.22. The second-order valence-electron chi connectivity index (χ2n) is 7.52. The highest BCUT2D eigenvalue weighted by Gasteiger charge is 3.13. The standard InChI is InChI=1S/C12F24O4P/c13-5(14,15)1(6(16,17)18)2(7(19,20)21,8(22,23)24)38-41(37-1)39-3(9(25,26)27,10(28,29)30)4(40-41,11(31,32)33)12(34,35)36/q+1. The molecule has 1 spiro atoms. The van der Waals surface area contributed by atoms with Crippen LogP contribution in [0, 0.1) is 0 Å². The zero-order valence-electron chi connectivity index (χ0n) is 17.2. The van der Waals surface area contributed by atoms with Gasteiger partial charge in [-0.3, -0.25) is 0 Å². The smallest absolute Gasteiger partial charge is 0.167 e. The lowest BCUT2D eigenvalue weighted by atomic mass is 9.79. The summed E-state index contributed by atoms with van der Waals surface area (Å²) in [4.78, 5) is 0. The topological polar surface area (TPSA) is 36.9 Å². The van der Waals surface area contributed by atoms with Crippen molar-refractivity contribution in [1.82, 2.24) is 0 Å². The molecule has 2 heterocycles. The highest BCUT2D eigenvalue weighted by Crippen LogP contribution is 2.91. The van der Waals surface area contributed by atoms with Gasteiger partial charge in [0.05, 0.1) is 0 Å². The molecule has 2 rings (SSSR count). The molecule has 2 aliphatic heterocycles. The minimum atomic E-state index is -9.22. The van der Waals surface area contributed by atoms with Gasteiger partial charge in [0.2, 0.25) is 0 Å². The lowest BCUT2D eigenvalue weighted by Crippen LogP contribution is -2.79. The maximum atomic E-state index is 13.5. The van der Waals surface area contributed by atoms with Gasteiger partial charge in [-0.25, -0.2) is 0 Å². The Morgan fingerprint density at radius 1 is 0.244 bits per heavy atom. The number of rotatable bonds is 0. The summed E-state index contributed by atoms with van der Waals surface area (Å²) < 4.78 is 333. The predicted octanol–water partition coefficient (Wildman–Crippen LogP) is 8.21. The fourth-order valence-electron chi connectivity index (χ4n) is 3.69. The average molecular weight is 695 g/mol. The first-order chi connectivity index (χ1) is 17.3. The van der Waals surface area contributed by atoms with E-state index in [1.54, 1.807) is 0 Å². The van der Waals surface area contributed by atoms with Crippen LogP contribution in [0.4, 0.5) is 105 Å². The van der Waals surface area contributed by atoms with Crippen LogP contribution in [0.2, 0.25) is 0 Å². The molecule has 0 unspecified atom stereocenters. The predicted molar refractivity (Wildman–Crippen MR) is 70.6 cm³/mol. The van der Waals surface area contributed by atoms with Crippen LogP contribution in [-0.4, -0.2) is 71.8 Å². The average Bonchev–Trinajstić information content (AvgIpc) is 3.12. The van der Waals surface area contributed by atoms with Gasteiger partial charge >= 0.3 is 80.0 Å². The second-order valence-corrected chi connectivity index (χ2v) is 9.14. The Morgan fingerprint density at radius 3 is 0.415 bits per heavy atom. The van der Waals surface area contributed by atoms with E-state index in [9.17, 15) is 105 Å². The molecule has 29 heteroatoms. The lowest BCUT2D eigenvalue weighted by molar-refractivity contribution is -0.464. The number of halogens is 24. The molecule has 0 saturated carbocycles. The summed E-state index contributed by atoms with van der Waals surface area (Å²) in [5, 5.41) is 0. The fourth-order valence-corrected chi connectivity index (χ4v) is 6.60. The van der Waals surface area contributed by atoms with E-state index in [1.807, 2.05) is 0 Å². The summed E-state index contributed by atoms with van der Waals surface area (Å²) in [6, 6.07) is 0. The molecule has 2 fully saturated rings. The SMILES string of the molecule is FC(F)(F)C1(C(F)(F)F)O[P+]2(OC1(C(F)(F)F)C(F)(F)F)OC(C(F)(F)F)(C(F)(F)F)C(C(F)(F)F)(C(F)(F)F)O2. The normalized spacial score (nSPS) is 25.2. The van der Waals surface area contributed by atoms with Gasteiger partial charge in [-0.15, -0.1) is 18.1 Å². The van der Waals surface area contributed by atoms with E-state index in [0.29, 0.717) is 0 Å². The zero-order valence-corrected chi connectivity index (χ0v) is 18.0. The van der Waals surface area contributed by atoms with Gasteiger partial charge in [-0.2, -0.15) is 105 Å². The first-order valence-electron chi connectivity index (χ1n) is 8.58. The largest absolute Gasteiger partial charge is 0.580 e. The minimum absolute atomic E-state index is 2.14. The van der Waals surface area contributed by atoms with Gasteiger partial charge < -0.3 is 0 Å². The highest BCUT2D eigenvalue weighted by atomic mass is 31.2. The molecular formula is C12F24O4P+. The molecular weight excluding hydrogens is 695 g/mol. The number of hydrogen-bond acceptors (Lipinski definition) is 4. The Labute approximate surface area is 205 Å². The van der Waals surface area contributed by atoms with Gasteiger partial charge in [-0.1, -0.05) is 0 Å². The van der Waals surface area contributed by atoms with E-state index in [4.69, 9.17) is 0 Å². The first kappa shape index (κ1) is 35.8. The summed E-state index contributed by atoms with van der Waals surface area (Å²) in [6.45, 7) is 0. The molecule has 0 aromatic carbocycles. The summed E-state index contributed by atoms with van der Waals surface area (Å²) in [6.07, 6.45) is -68.1. The third kappa shape index (κ3) is 4.08. The van der Waals surface area contributed by atoms with Crippen LogP contribution in [0.3, 0.4) is 0 Å². The van der Waals surface area contributed by atoms with Crippen LogP contribution in [0.1, 0.15) is 0 Å². The minimum Gasteiger partial charge on any atom is -0.167 e. The molecule has 0 N–H and O–H groups in total. The molecule has 2 aliphatic rings. The molecule has 41 heavy (non-hydrogen) atoms. The van der Waals surface area contributed by atoms with Gasteiger partial charge in [-0.05, 0) is 0 Å². The van der Waals surface area contributed by atoms with Gasteiger partial charge in [0.15, 0.2) is 0 Å². The van der Waals surface area contributed by atoms with Crippen molar-refractivity contribution in [3.63, 3.8) is 0 Å². The monoisotopic (exact) mass is 695 g/mol. The van der Waals surface area contributed by atoms with Gasteiger partial charge in [0, 0.05) is 0 Å². The maximum Gasteiger partial charge on any atom is 0.580 e. The van der Waals surface area contributed by atoms with Gasteiger partial charge in [0.1, 0.15) is 0 Å². The fraction of sp³-hybridized carbons (Fsp3) is 1.00. The van der Waals surface area contributed by atoms with Crippen molar-refractivity contribution >= 4 is 8.17 Å². The number of hydrogen-bond donors (Lipinski definition) is 0. The van der Waals surface area contributed by atoms with Crippen LogP contribution >= 0.6 is 8.17 Å². The Bertz CT molecular complexity index is 794. The van der Waals surface area contributed by atoms with Gasteiger partial charge in [0.25, 0.3) is 0 Å². The van der Waals surface area contributed by atoms with Crippen molar-refractivity contribution in [2.24, 2.45) is 0 Å². The van der Waals surface area contributed by atoms with Crippen molar-refractivity contribution in [3.05, 3.63) is 0 Å². The van der Waals surface area contributed by atoms with Crippen molar-refractivity contribution in [1.29, 1.82) is 0 Å². The summed E-state index contributed by atoms with van der Waals surface area (Å²) >= 11 is 0. The Hall–Kier alpha value is -1.41. The van der Waals surface area contributed by atoms with Crippen LogP contribution in [0.5, 0.6) is 0 Å². The Kier molecular flexibility index (Phi) is 7.33. The van der Waals surface area contributed by atoms with Crippen LogP contribution < -0.4 is 0 Å². The van der Waals surface area contributed by atoms with Crippen molar-refractivity contribution in [2.75, 3.05) is 0 Å². The van der Waals surface area contributed by atoms with Crippen LogP contribution in [0.25, 0.3) is 0 Å². The third-order valence-corrected chi connectivity index (χ3v) is 7.17. The van der Waals surface area contributed by atoms with Crippen LogP contribution in [-0.2, 0) is 18.1 Å². The maximum absolute atomic E-state index is 13.5. The van der Waals surface area contributed by atoms with Crippen LogP contribution in [0.15, 0.2) is 0 Å². The molecule has 2 saturated heterocycles. The quantitative estimate of drug-likeness (QED) is 0.189. The molecule has 0 amide bonds. The van der Waals surface area contributed by atoms with E-state index in [-0.39, 0.29) is 0 Å².